The fourth-order valence-electron chi connectivity index (χ4n) is 3.02. The average Bonchev–Trinajstić information content (AvgIpc) is 3.17. The van der Waals surface area contributed by atoms with Gasteiger partial charge in [-0.05, 0) is 30.5 Å². The molecular weight excluding hydrogens is 306 g/mol. The molecule has 1 aliphatic rings. The van der Waals surface area contributed by atoms with E-state index in [0.717, 1.165) is 37.2 Å². The van der Waals surface area contributed by atoms with E-state index in [0.29, 0.717) is 12.6 Å². The number of amides is 1. The molecule has 3 rings (SSSR count). The van der Waals surface area contributed by atoms with Crippen LogP contribution in [0.4, 0.5) is 0 Å². The standard InChI is InChI=1S/C18H23N3O3/c1-23-17-6-2-4-15(10-17)12-24-13-18(22)20-8-3-5-16(11-20)21-9-7-19-14-21/h2,4,6-7,9-10,14,16H,3,5,8,11-13H2,1H3/t16-/m1/s1. The van der Waals surface area contributed by atoms with Gasteiger partial charge in [-0.15, -0.1) is 0 Å². The molecule has 6 heteroatoms. The minimum absolute atomic E-state index is 0.0442. The molecule has 0 saturated carbocycles. The van der Waals surface area contributed by atoms with E-state index in [1.807, 2.05) is 41.7 Å². The predicted molar refractivity (Wildman–Crippen MR) is 89.7 cm³/mol. The molecule has 1 atom stereocenters. The number of hydrogen-bond donors (Lipinski definition) is 0. The quantitative estimate of drug-likeness (QED) is 0.816. The van der Waals surface area contributed by atoms with Crippen LogP contribution in [0, 0.1) is 0 Å². The average molecular weight is 329 g/mol. The van der Waals surface area contributed by atoms with E-state index < -0.39 is 0 Å². The highest BCUT2D eigenvalue weighted by molar-refractivity contribution is 5.77. The van der Waals surface area contributed by atoms with Crippen LogP contribution in [0.5, 0.6) is 5.75 Å². The van der Waals surface area contributed by atoms with Gasteiger partial charge in [0.25, 0.3) is 0 Å². The summed E-state index contributed by atoms with van der Waals surface area (Å²) in [5.74, 6) is 0.837. The zero-order valence-electron chi connectivity index (χ0n) is 13.9. The van der Waals surface area contributed by atoms with Crippen molar-refractivity contribution in [2.45, 2.75) is 25.5 Å². The number of likely N-dealkylation sites (tertiary alicyclic amines) is 1. The summed E-state index contributed by atoms with van der Waals surface area (Å²) < 4.78 is 12.9. The van der Waals surface area contributed by atoms with Crippen LogP contribution in [-0.2, 0) is 16.1 Å². The Bertz CT molecular complexity index is 657. The lowest BCUT2D eigenvalue weighted by molar-refractivity contribution is -0.138. The zero-order valence-corrected chi connectivity index (χ0v) is 13.9. The maximum Gasteiger partial charge on any atom is 0.248 e. The van der Waals surface area contributed by atoms with E-state index in [1.165, 1.54) is 0 Å². The Hall–Kier alpha value is -2.34. The minimum Gasteiger partial charge on any atom is -0.497 e. The summed E-state index contributed by atoms with van der Waals surface area (Å²) in [6, 6.07) is 7.99. The van der Waals surface area contributed by atoms with Crippen molar-refractivity contribution in [3.8, 4) is 5.75 Å². The number of ether oxygens (including phenoxy) is 2. The lowest BCUT2D eigenvalue weighted by atomic mass is 10.1. The first-order chi connectivity index (χ1) is 11.8. The van der Waals surface area contributed by atoms with Gasteiger partial charge in [0.05, 0.1) is 26.1 Å². The van der Waals surface area contributed by atoms with Crippen LogP contribution >= 0.6 is 0 Å². The maximum absolute atomic E-state index is 12.4. The molecule has 2 heterocycles. The third-order valence-corrected chi connectivity index (χ3v) is 4.32. The van der Waals surface area contributed by atoms with Crippen LogP contribution in [0.1, 0.15) is 24.4 Å². The van der Waals surface area contributed by atoms with E-state index in [-0.39, 0.29) is 12.5 Å². The van der Waals surface area contributed by atoms with Crippen molar-refractivity contribution >= 4 is 5.91 Å². The second kappa shape index (κ2) is 7.97. The van der Waals surface area contributed by atoms with Gasteiger partial charge in [-0.2, -0.15) is 0 Å². The number of hydrogen-bond acceptors (Lipinski definition) is 4. The molecule has 1 amide bonds. The smallest absolute Gasteiger partial charge is 0.248 e. The van der Waals surface area contributed by atoms with Crippen LogP contribution < -0.4 is 4.74 Å². The van der Waals surface area contributed by atoms with E-state index >= 15 is 0 Å². The molecule has 0 unspecified atom stereocenters. The first-order valence-corrected chi connectivity index (χ1v) is 8.22. The molecule has 1 saturated heterocycles. The summed E-state index contributed by atoms with van der Waals surface area (Å²) in [5, 5.41) is 0. The Kier molecular flexibility index (Phi) is 5.48. The summed E-state index contributed by atoms with van der Waals surface area (Å²) in [7, 11) is 1.64. The Morgan fingerprint density at radius 2 is 2.33 bits per heavy atom. The zero-order chi connectivity index (χ0) is 16.8. The Morgan fingerprint density at radius 1 is 1.42 bits per heavy atom. The Labute approximate surface area is 142 Å². The molecule has 1 aliphatic heterocycles. The van der Waals surface area contributed by atoms with Crippen molar-refractivity contribution in [3.05, 3.63) is 48.5 Å². The number of carbonyl (C=O) groups is 1. The summed E-state index contributed by atoms with van der Waals surface area (Å²) in [5.41, 5.74) is 0.997. The van der Waals surface area contributed by atoms with Crippen molar-refractivity contribution in [2.75, 3.05) is 26.8 Å². The molecular formula is C18H23N3O3. The summed E-state index contributed by atoms with van der Waals surface area (Å²) in [6.45, 7) is 2.03. The van der Waals surface area contributed by atoms with Crippen molar-refractivity contribution in [1.29, 1.82) is 0 Å². The van der Waals surface area contributed by atoms with E-state index in [2.05, 4.69) is 9.55 Å². The highest BCUT2D eigenvalue weighted by Crippen LogP contribution is 2.21. The highest BCUT2D eigenvalue weighted by atomic mass is 16.5. The number of nitrogens with zero attached hydrogens (tertiary/aromatic N) is 3. The number of rotatable bonds is 6. The number of piperidine rings is 1. The molecule has 0 radical (unpaired) electrons. The van der Waals surface area contributed by atoms with Gasteiger partial charge in [0.1, 0.15) is 12.4 Å². The van der Waals surface area contributed by atoms with Crippen LogP contribution in [0.2, 0.25) is 0 Å². The van der Waals surface area contributed by atoms with Gasteiger partial charge in [0.15, 0.2) is 0 Å². The Morgan fingerprint density at radius 3 is 3.12 bits per heavy atom. The van der Waals surface area contributed by atoms with Crippen LogP contribution in [-0.4, -0.2) is 47.2 Å². The molecule has 2 aromatic rings. The third-order valence-electron chi connectivity index (χ3n) is 4.32. The monoisotopic (exact) mass is 329 g/mol. The van der Waals surface area contributed by atoms with Gasteiger partial charge in [-0.3, -0.25) is 4.79 Å². The Balaban J connectivity index is 1.47. The molecule has 1 aromatic heterocycles. The lowest BCUT2D eigenvalue weighted by Crippen LogP contribution is -2.42. The van der Waals surface area contributed by atoms with E-state index in [9.17, 15) is 4.79 Å². The molecule has 1 fully saturated rings. The minimum atomic E-state index is 0.0442. The number of imidazole rings is 1. The molecule has 0 bridgehead atoms. The van der Waals surface area contributed by atoms with Crippen molar-refractivity contribution < 1.29 is 14.3 Å². The number of carbonyl (C=O) groups excluding carboxylic acids is 1. The molecule has 128 valence electrons. The third kappa shape index (κ3) is 4.14. The fraction of sp³-hybridized carbons (Fsp3) is 0.444. The SMILES string of the molecule is COc1cccc(COCC(=O)N2CCC[C@@H](n3ccnc3)C2)c1. The van der Waals surface area contributed by atoms with Crippen molar-refractivity contribution in [3.63, 3.8) is 0 Å². The topological polar surface area (TPSA) is 56.6 Å². The van der Waals surface area contributed by atoms with Gasteiger partial charge in [-0.25, -0.2) is 4.98 Å². The second-order valence-corrected chi connectivity index (χ2v) is 5.99. The van der Waals surface area contributed by atoms with Crippen LogP contribution in [0.15, 0.2) is 43.0 Å². The summed E-state index contributed by atoms with van der Waals surface area (Å²) >= 11 is 0. The number of benzene rings is 1. The molecule has 24 heavy (non-hydrogen) atoms. The highest BCUT2D eigenvalue weighted by Gasteiger charge is 2.24. The molecule has 0 aliphatic carbocycles. The predicted octanol–water partition coefficient (Wildman–Crippen LogP) is 2.27. The molecule has 6 nitrogen and oxygen atoms in total. The maximum atomic E-state index is 12.4. The molecule has 1 aromatic carbocycles. The largest absolute Gasteiger partial charge is 0.497 e. The first-order valence-electron chi connectivity index (χ1n) is 8.22. The normalized spacial score (nSPS) is 17.7. The van der Waals surface area contributed by atoms with Gasteiger partial charge < -0.3 is 18.9 Å². The summed E-state index contributed by atoms with van der Waals surface area (Å²) in [6.07, 6.45) is 7.63. The van der Waals surface area contributed by atoms with Gasteiger partial charge >= 0.3 is 0 Å². The number of aromatic nitrogens is 2. The number of methoxy groups -OCH3 is 1. The second-order valence-electron chi connectivity index (χ2n) is 5.99. The van der Waals surface area contributed by atoms with Crippen LogP contribution in [0.3, 0.4) is 0 Å². The van der Waals surface area contributed by atoms with Crippen molar-refractivity contribution in [2.24, 2.45) is 0 Å². The van der Waals surface area contributed by atoms with E-state index in [4.69, 9.17) is 9.47 Å². The van der Waals surface area contributed by atoms with Gasteiger partial charge in [-0.1, -0.05) is 12.1 Å². The summed E-state index contributed by atoms with van der Waals surface area (Å²) in [4.78, 5) is 18.4. The van der Waals surface area contributed by atoms with Crippen molar-refractivity contribution in [1.82, 2.24) is 14.5 Å². The van der Waals surface area contributed by atoms with Gasteiger partial charge in [0.2, 0.25) is 5.91 Å². The van der Waals surface area contributed by atoms with E-state index in [1.54, 1.807) is 13.3 Å². The fourth-order valence-corrected chi connectivity index (χ4v) is 3.02. The lowest BCUT2D eigenvalue weighted by Gasteiger charge is -2.33. The molecule has 0 spiro atoms. The van der Waals surface area contributed by atoms with Crippen LogP contribution in [0.25, 0.3) is 0 Å². The van der Waals surface area contributed by atoms with Gasteiger partial charge in [0, 0.05) is 25.5 Å². The molecule has 0 N–H and O–H groups in total. The first kappa shape index (κ1) is 16.5.